The molecule has 3 aromatic carbocycles. The zero-order valence-corrected chi connectivity index (χ0v) is 25.7. The van der Waals surface area contributed by atoms with Crippen molar-refractivity contribution in [2.24, 2.45) is 0 Å². The van der Waals surface area contributed by atoms with Crippen molar-refractivity contribution in [3.8, 4) is 5.75 Å². The molecule has 46 heavy (non-hydrogen) atoms. The van der Waals surface area contributed by atoms with E-state index in [4.69, 9.17) is 4.42 Å². The minimum Gasteiger partial charge on any atom is -0.451 e. The van der Waals surface area contributed by atoms with E-state index in [1.807, 2.05) is 4.90 Å². The van der Waals surface area contributed by atoms with Gasteiger partial charge in [-0.05, 0) is 67.3 Å². The molecule has 11 heteroatoms. The lowest BCUT2D eigenvalue weighted by Gasteiger charge is -2.34. The number of halogens is 3. The third kappa shape index (κ3) is 8.07. The zero-order valence-electron chi connectivity index (χ0n) is 25.7. The van der Waals surface area contributed by atoms with Crippen LogP contribution in [0.2, 0.25) is 0 Å². The van der Waals surface area contributed by atoms with Crippen LogP contribution in [0.1, 0.15) is 50.4 Å². The van der Waals surface area contributed by atoms with Gasteiger partial charge < -0.3 is 19.4 Å². The van der Waals surface area contributed by atoms with E-state index in [1.165, 1.54) is 23.3 Å². The molecule has 2 fully saturated rings. The number of hydrogen-bond acceptors (Lipinski definition) is 6. The standard InChI is InChI=1S/C35H37F3N4O4/c1-24-5-7-25(8-6-24)22-41-15-17-42(18-16-41)34(44)27-9-10-31-28(20-27)21-32(45-31)33(43)39-29-11-13-40(14-12-29)23-26-3-2-4-30(19-26)46-35(36,37)38/h2-10,19-21,29H,11-18,22-23H2,1H3,(H,39,43). The van der Waals surface area contributed by atoms with E-state index in [2.05, 4.69) is 51.0 Å². The van der Waals surface area contributed by atoms with Gasteiger partial charge in [-0.1, -0.05) is 42.0 Å². The number of furan rings is 1. The molecule has 2 aliphatic heterocycles. The van der Waals surface area contributed by atoms with Crippen LogP contribution in [0.4, 0.5) is 13.2 Å². The summed E-state index contributed by atoms with van der Waals surface area (Å²) >= 11 is 0. The van der Waals surface area contributed by atoms with Gasteiger partial charge in [-0.15, -0.1) is 13.2 Å². The van der Waals surface area contributed by atoms with Gasteiger partial charge in [0.05, 0.1) is 0 Å². The minimum absolute atomic E-state index is 0.0320. The Morgan fingerprint density at radius 1 is 0.848 bits per heavy atom. The molecule has 0 spiro atoms. The molecule has 3 heterocycles. The second-order valence-electron chi connectivity index (χ2n) is 12.1. The molecule has 0 bridgehead atoms. The average molecular weight is 635 g/mol. The van der Waals surface area contributed by atoms with Gasteiger partial charge in [-0.3, -0.25) is 19.4 Å². The number of rotatable bonds is 8. The largest absolute Gasteiger partial charge is 0.573 e. The SMILES string of the molecule is Cc1ccc(CN2CCN(C(=O)c3ccc4oc(C(=O)NC5CCN(Cc6cccc(OC(F)(F)F)c6)CC5)cc4c3)CC2)cc1. The van der Waals surface area contributed by atoms with E-state index in [9.17, 15) is 22.8 Å². The number of carbonyl (C=O) groups excluding carboxylic acids is 2. The Morgan fingerprint density at radius 3 is 2.26 bits per heavy atom. The fourth-order valence-corrected chi connectivity index (χ4v) is 6.12. The summed E-state index contributed by atoms with van der Waals surface area (Å²) in [5.74, 6) is -0.394. The van der Waals surface area contributed by atoms with Crippen molar-refractivity contribution in [2.75, 3.05) is 39.3 Å². The number of piperidine rings is 1. The fraction of sp³-hybridized carbons (Fsp3) is 0.371. The molecule has 0 aliphatic carbocycles. The number of piperazine rings is 1. The summed E-state index contributed by atoms with van der Waals surface area (Å²) in [6, 6.07) is 21.4. The van der Waals surface area contributed by atoms with Crippen LogP contribution >= 0.6 is 0 Å². The maximum absolute atomic E-state index is 13.3. The van der Waals surface area contributed by atoms with Crippen LogP contribution in [0.3, 0.4) is 0 Å². The van der Waals surface area contributed by atoms with Crippen molar-refractivity contribution < 1.29 is 31.9 Å². The topological polar surface area (TPSA) is 78.3 Å². The van der Waals surface area contributed by atoms with Gasteiger partial charge in [0.25, 0.3) is 11.8 Å². The predicted octanol–water partition coefficient (Wildman–Crippen LogP) is 5.99. The number of nitrogens with zero attached hydrogens (tertiary/aromatic N) is 3. The Bertz CT molecular complexity index is 1670. The number of carbonyl (C=O) groups is 2. The summed E-state index contributed by atoms with van der Waals surface area (Å²) in [6.45, 7) is 7.72. The van der Waals surface area contributed by atoms with Gasteiger partial charge >= 0.3 is 6.36 Å². The maximum Gasteiger partial charge on any atom is 0.573 e. The van der Waals surface area contributed by atoms with E-state index in [0.717, 1.165) is 25.2 Å². The van der Waals surface area contributed by atoms with Crippen LogP contribution in [0.5, 0.6) is 5.75 Å². The molecule has 0 saturated carbocycles. The van der Waals surface area contributed by atoms with Crippen molar-refractivity contribution in [3.63, 3.8) is 0 Å². The normalized spacial score (nSPS) is 16.9. The number of likely N-dealkylation sites (tertiary alicyclic amines) is 1. The molecule has 2 amide bonds. The molecular formula is C35H37F3N4O4. The van der Waals surface area contributed by atoms with Crippen molar-refractivity contribution >= 4 is 22.8 Å². The van der Waals surface area contributed by atoms with Crippen LogP contribution in [0.15, 0.2) is 77.2 Å². The van der Waals surface area contributed by atoms with Crippen LogP contribution < -0.4 is 10.1 Å². The Labute approximate surface area is 265 Å². The quantitative estimate of drug-likeness (QED) is 0.257. The molecular weight excluding hydrogens is 597 g/mol. The van der Waals surface area contributed by atoms with Crippen LogP contribution in [-0.2, 0) is 13.1 Å². The van der Waals surface area contributed by atoms with Crippen molar-refractivity contribution in [2.45, 2.75) is 45.3 Å². The molecule has 1 aromatic heterocycles. The van der Waals surface area contributed by atoms with Gasteiger partial charge in [-0.2, -0.15) is 0 Å². The molecule has 1 N–H and O–H groups in total. The molecule has 8 nitrogen and oxygen atoms in total. The molecule has 4 aromatic rings. The maximum atomic E-state index is 13.3. The summed E-state index contributed by atoms with van der Waals surface area (Å²) in [6.07, 6.45) is -3.34. The Morgan fingerprint density at radius 2 is 1.54 bits per heavy atom. The Hall–Kier alpha value is -4.35. The van der Waals surface area contributed by atoms with Gasteiger partial charge in [0, 0.05) is 69.3 Å². The van der Waals surface area contributed by atoms with Gasteiger partial charge in [0.1, 0.15) is 11.3 Å². The van der Waals surface area contributed by atoms with E-state index in [-0.39, 0.29) is 29.4 Å². The third-order valence-electron chi connectivity index (χ3n) is 8.63. The van der Waals surface area contributed by atoms with E-state index < -0.39 is 6.36 Å². The number of amides is 2. The second kappa shape index (κ2) is 13.6. The van der Waals surface area contributed by atoms with Crippen LogP contribution in [0, 0.1) is 6.92 Å². The summed E-state index contributed by atoms with van der Waals surface area (Å²) in [5, 5.41) is 3.74. The number of hydrogen-bond donors (Lipinski definition) is 1. The van der Waals surface area contributed by atoms with Gasteiger partial charge in [0.15, 0.2) is 5.76 Å². The molecule has 0 radical (unpaired) electrons. The first-order chi connectivity index (χ1) is 22.1. The molecule has 2 saturated heterocycles. The Balaban J connectivity index is 0.984. The summed E-state index contributed by atoms with van der Waals surface area (Å²) in [4.78, 5) is 32.7. The van der Waals surface area contributed by atoms with Crippen molar-refractivity contribution in [1.29, 1.82) is 0 Å². The highest BCUT2D eigenvalue weighted by Gasteiger charge is 2.31. The van der Waals surface area contributed by atoms with E-state index in [0.29, 0.717) is 62.1 Å². The molecule has 0 atom stereocenters. The lowest BCUT2D eigenvalue weighted by Crippen LogP contribution is -2.48. The first kappa shape index (κ1) is 31.6. The number of aryl methyl sites for hydroxylation is 1. The van der Waals surface area contributed by atoms with Gasteiger partial charge in [-0.25, -0.2) is 0 Å². The molecule has 2 aliphatic rings. The fourth-order valence-electron chi connectivity index (χ4n) is 6.12. The summed E-state index contributed by atoms with van der Waals surface area (Å²) in [5.41, 5.74) is 4.34. The van der Waals surface area contributed by atoms with E-state index >= 15 is 0 Å². The average Bonchev–Trinajstić information content (AvgIpc) is 3.47. The summed E-state index contributed by atoms with van der Waals surface area (Å²) in [7, 11) is 0. The highest BCUT2D eigenvalue weighted by atomic mass is 19.4. The number of nitrogens with one attached hydrogen (secondary N) is 1. The highest BCUT2D eigenvalue weighted by molar-refractivity contribution is 6.00. The summed E-state index contributed by atoms with van der Waals surface area (Å²) < 4.78 is 47.5. The number of fused-ring (bicyclic) bond motifs is 1. The molecule has 0 unspecified atom stereocenters. The smallest absolute Gasteiger partial charge is 0.451 e. The van der Waals surface area contributed by atoms with Crippen molar-refractivity contribution in [1.82, 2.24) is 20.0 Å². The Kier molecular flexibility index (Phi) is 9.32. The molecule has 242 valence electrons. The monoisotopic (exact) mass is 634 g/mol. The first-order valence-corrected chi connectivity index (χ1v) is 15.6. The van der Waals surface area contributed by atoms with Crippen LogP contribution in [-0.4, -0.2) is 78.2 Å². The van der Waals surface area contributed by atoms with Crippen LogP contribution in [0.25, 0.3) is 11.0 Å². The molecule has 6 rings (SSSR count). The number of benzene rings is 3. The predicted molar refractivity (Wildman–Crippen MR) is 167 cm³/mol. The second-order valence-corrected chi connectivity index (χ2v) is 12.1. The number of ether oxygens (including phenoxy) is 1. The van der Waals surface area contributed by atoms with Gasteiger partial charge in [0.2, 0.25) is 0 Å². The van der Waals surface area contributed by atoms with E-state index in [1.54, 1.807) is 36.4 Å². The lowest BCUT2D eigenvalue weighted by molar-refractivity contribution is -0.274. The third-order valence-corrected chi connectivity index (χ3v) is 8.63. The zero-order chi connectivity index (χ0) is 32.3. The number of alkyl halides is 3. The first-order valence-electron chi connectivity index (χ1n) is 15.6. The van der Waals surface area contributed by atoms with Crippen molar-refractivity contribution in [3.05, 3.63) is 101 Å². The lowest BCUT2D eigenvalue weighted by atomic mass is 10.0. The minimum atomic E-state index is -4.73. The highest BCUT2D eigenvalue weighted by Crippen LogP contribution is 2.25.